The second kappa shape index (κ2) is 7.99. The van der Waals surface area contributed by atoms with Crippen LogP contribution in [0.1, 0.15) is 41.1 Å². The topological polar surface area (TPSA) is 73.6 Å². The number of aromatic nitrogens is 1. The van der Waals surface area contributed by atoms with Gasteiger partial charge in [-0.1, -0.05) is 35.5 Å². The van der Waals surface area contributed by atoms with Gasteiger partial charge in [-0.2, -0.15) is 0 Å². The van der Waals surface area contributed by atoms with Crippen molar-refractivity contribution in [1.29, 1.82) is 0 Å². The van der Waals surface area contributed by atoms with Crippen molar-refractivity contribution in [2.24, 2.45) is 0 Å². The molecule has 1 aliphatic heterocycles. The number of nitrogens with zero attached hydrogens (tertiary/aromatic N) is 1. The van der Waals surface area contributed by atoms with Gasteiger partial charge in [0.05, 0.1) is 6.61 Å². The van der Waals surface area contributed by atoms with Gasteiger partial charge in [-0.05, 0) is 32.9 Å². The quantitative estimate of drug-likeness (QED) is 0.677. The molecule has 0 spiro atoms. The number of carbonyl (C=O) groups excluding carboxylic acids is 1. The molecule has 6 nitrogen and oxygen atoms in total. The van der Waals surface area contributed by atoms with Crippen molar-refractivity contribution in [3.63, 3.8) is 0 Å². The van der Waals surface area contributed by atoms with Gasteiger partial charge >= 0.3 is 0 Å². The summed E-state index contributed by atoms with van der Waals surface area (Å²) in [6.07, 6.45) is 1.01. The highest BCUT2D eigenvalue weighted by atomic mass is 16.5. The minimum atomic E-state index is -0.236. The fraction of sp³-hybridized carbons (Fsp3) is 0.304. The molecule has 2 aromatic carbocycles. The Morgan fingerprint density at radius 3 is 2.83 bits per heavy atom. The zero-order valence-electron chi connectivity index (χ0n) is 16.8. The average Bonchev–Trinajstić information content (AvgIpc) is 3.28. The number of fused-ring (bicyclic) bond motifs is 1. The molecular weight excluding hydrogens is 368 g/mol. The highest BCUT2D eigenvalue weighted by molar-refractivity contribution is 6.00. The smallest absolute Gasteiger partial charge is 0.257 e. The molecule has 150 valence electrons. The third kappa shape index (κ3) is 3.83. The van der Waals surface area contributed by atoms with E-state index in [0.717, 1.165) is 34.6 Å². The van der Waals surface area contributed by atoms with E-state index in [-0.39, 0.29) is 12.0 Å². The van der Waals surface area contributed by atoms with Crippen LogP contribution < -0.4 is 14.8 Å². The Labute approximate surface area is 169 Å². The van der Waals surface area contributed by atoms with E-state index >= 15 is 0 Å². The summed E-state index contributed by atoms with van der Waals surface area (Å²) in [4.78, 5) is 13.0. The van der Waals surface area contributed by atoms with Gasteiger partial charge < -0.3 is 19.3 Å². The Morgan fingerprint density at radius 2 is 2.07 bits per heavy atom. The van der Waals surface area contributed by atoms with Crippen LogP contribution in [0, 0.1) is 6.92 Å². The lowest BCUT2D eigenvalue weighted by atomic mass is 10.0. The molecule has 1 aromatic heterocycles. The minimum absolute atomic E-state index is 0.150. The lowest BCUT2D eigenvalue weighted by molar-refractivity contribution is 0.0949. The van der Waals surface area contributed by atoms with Crippen LogP contribution in [0.25, 0.3) is 11.3 Å². The average molecular weight is 392 g/mol. The molecule has 0 saturated carbocycles. The van der Waals surface area contributed by atoms with Crippen LogP contribution in [0.5, 0.6) is 11.5 Å². The van der Waals surface area contributed by atoms with Crippen molar-refractivity contribution < 1.29 is 18.8 Å². The summed E-state index contributed by atoms with van der Waals surface area (Å²) in [5.41, 5.74) is 3.84. The summed E-state index contributed by atoms with van der Waals surface area (Å²) in [7, 11) is 0. The zero-order chi connectivity index (χ0) is 20.4. The molecule has 1 N–H and O–H groups in total. The third-order valence-corrected chi connectivity index (χ3v) is 4.96. The number of ether oxygens (including phenoxy) is 2. The van der Waals surface area contributed by atoms with Crippen molar-refractivity contribution in [2.45, 2.75) is 39.8 Å². The van der Waals surface area contributed by atoms with E-state index in [9.17, 15) is 4.79 Å². The molecule has 4 rings (SSSR count). The Balaban J connectivity index is 1.57. The first-order chi connectivity index (χ1) is 14.1. The fourth-order valence-corrected chi connectivity index (χ4v) is 3.61. The SMILES string of the molecule is CCOc1cc2c(cc1CNC(=O)c1c(-c3ccccc3)noc1C)O[C@@H](C)C2. The van der Waals surface area contributed by atoms with E-state index in [4.69, 9.17) is 14.0 Å². The van der Waals surface area contributed by atoms with Gasteiger partial charge in [-0.25, -0.2) is 0 Å². The minimum Gasteiger partial charge on any atom is -0.494 e. The maximum Gasteiger partial charge on any atom is 0.257 e. The van der Waals surface area contributed by atoms with Crippen LogP contribution in [-0.4, -0.2) is 23.8 Å². The number of carbonyl (C=O) groups is 1. The van der Waals surface area contributed by atoms with Crippen molar-refractivity contribution in [3.05, 3.63) is 64.9 Å². The summed E-state index contributed by atoms with van der Waals surface area (Å²) < 4.78 is 17.0. The van der Waals surface area contributed by atoms with Crippen LogP contribution in [-0.2, 0) is 13.0 Å². The monoisotopic (exact) mass is 392 g/mol. The molecule has 6 heteroatoms. The molecular formula is C23H24N2O4. The lowest BCUT2D eigenvalue weighted by Gasteiger charge is -2.13. The number of hydrogen-bond donors (Lipinski definition) is 1. The molecule has 0 unspecified atom stereocenters. The van der Waals surface area contributed by atoms with Gasteiger partial charge in [0.15, 0.2) is 0 Å². The van der Waals surface area contributed by atoms with Crippen molar-refractivity contribution >= 4 is 5.91 Å². The van der Waals surface area contributed by atoms with Crippen LogP contribution >= 0.6 is 0 Å². The van der Waals surface area contributed by atoms with E-state index in [0.29, 0.717) is 30.2 Å². The Hall–Kier alpha value is -3.28. The molecule has 0 aliphatic carbocycles. The summed E-state index contributed by atoms with van der Waals surface area (Å²) in [6.45, 7) is 6.60. The molecule has 1 aliphatic rings. The number of amides is 1. The zero-order valence-corrected chi connectivity index (χ0v) is 16.8. The summed E-state index contributed by atoms with van der Waals surface area (Å²) in [5.74, 6) is 1.88. The highest BCUT2D eigenvalue weighted by Crippen LogP contribution is 2.35. The van der Waals surface area contributed by atoms with E-state index in [2.05, 4.69) is 10.5 Å². The van der Waals surface area contributed by atoms with E-state index in [1.807, 2.05) is 56.3 Å². The largest absolute Gasteiger partial charge is 0.494 e. The predicted molar refractivity (Wildman–Crippen MR) is 109 cm³/mol. The van der Waals surface area contributed by atoms with Gasteiger partial charge in [-0.15, -0.1) is 0 Å². The second-order valence-electron chi connectivity index (χ2n) is 7.14. The third-order valence-electron chi connectivity index (χ3n) is 4.96. The molecule has 3 aromatic rings. The summed E-state index contributed by atoms with van der Waals surface area (Å²) >= 11 is 0. The first kappa shape index (κ1) is 19.1. The van der Waals surface area contributed by atoms with Gasteiger partial charge in [0.25, 0.3) is 5.91 Å². The van der Waals surface area contributed by atoms with Crippen molar-refractivity contribution in [3.8, 4) is 22.8 Å². The van der Waals surface area contributed by atoms with Crippen molar-refractivity contribution in [2.75, 3.05) is 6.61 Å². The maximum absolute atomic E-state index is 13.0. The molecule has 1 amide bonds. The fourth-order valence-electron chi connectivity index (χ4n) is 3.61. The number of rotatable bonds is 6. The molecule has 0 saturated heterocycles. The van der Waals surface area contributed by atoms with Crippen molar-refractivity contribution in [1.82, 2.24) is 10.5 Å². The van der Waals surface area contributed by atoms with Gasteiger partial charge in [0.2, 0.25) is 0 Å². The Morgan fingerprint density at radius 1 is 1.28 bits per heavy atom. The molecule has 1 atom stereocenters. The van der Waals surface area contributed by atoms with E-state index in [1.54, 1.807) is 6.92 Å². The second-order valence-corrected chi connectivity index (χ2v) is 7.14. The first-order valence-electron chi connectivity index (χ1n) is 9.82. The maximum atomic E-state index is 13.0. The van der Waals surface area contributed by atoms with Gasteiger partial charge in [0.1, 0.15) is 34.6 Å². The van der Waals surface area contributed by atoms with Crippen LogP contribution in [0.15, 0.2) is 47.0 Å². The number of nitrogens with one attached hydrogen (secondary N) is 1. The van der Waals surface area contributed by atoms with Gasteiger partial charge in [-0.3, -0.25) is 4.79 Å². The van der Waals surface area contributed by atoms with Crippen LogP contribution in [0.4, 0.5) is 0 Å². The number of aryl methyl sites for hydroxylation is 1. The van der Waals surface area contributed by atoms with Crippen LogP contribution in [0.3, 0.4) is 0 Å². The highest BCUT2D eigenvalue weighted by Gasteiger charge is 2.24. The van der Waals surface area contributed by atoms with Gasteiger partial charge in [0, 0.05) is 29.7 Å². The predicted octanol–water partition coefficient (Wildman–Crippen LogP) is 4.30. The summed E-state index contributed by atoms with van der Waals surface area (Å²) in [5, 5.41) is 7.06. The molecule has 0 bridgehead atoms. The Bertz CT molecular complexity index is 1030. The van der Waals surface area contributed by atoms with E-state index < -0.39 is 0 Å². The first-order valence-corrected chi connectivity index (χ1v) is 9.82. The standard InChI is InChI=1S/C23H24N2O4/c1-4-27-19-11-17-10-14(2)28-20(17)12-18(19)13-24-23(26)21-15(3)29-25-22(21)16-8-6-5-7-9-16/h5-9,11-12,14H,4,10,13H2,1-3H3,(H,24,26)/t14-/m0/s1. The van der Waals surface area contributed by atoms with E-state index in [1.165, 1.54) is 0 Å². The van der Waals surface area contributed by atoms with Crippen LogP contribution in [0.2, 0.25) is 0 Å². The Kier molecular flexibility index (Phi) is 5.25. The molecule has 0 fully saturated rings. The molecule has 0 radical (unpaired) electrons. The number of benzene rings is 2. The normalized spacial score (nSPS) is 14.9. The molecule has 29 heavy (non-hydrogen) atoms. The number of hydrogen-bond acceptors (Lipinski definition) is 5. The molecule has 2 heterocycles. The lowest BCUT2D eigenvalue weighted by Crippen LogP contribution is -2.24. The summed E-state index contributed by atoms with van der Waals surface area (Å²) in [6, 6.07) is 13.5.